The van der Waals surface area contributed by atoms with E-state index in [4.69, 9.17) is 11.6 Å². The van der Waals surface area contributed by atoms with E-state index < -0.39 is 0 Å². The van der Waals surface area contributed by atoms with Crippen LogP contribution in [-0.2, 0) is 11.3 Å². The minimum atomic E-state index is 0. The second-order valence-electron chi connectivity index (χ2n) is 6.80. The molecule has 2 aliphatic heterocycles. The lowest BCUT2D eigenvalue weighted by Gasteiger charge is -2.38. The Hall–Kier alpha value is -0.810. The summed E-state index contributed by atoms with van der Waals surface area (Å²) in [5, 5.41) is 4.20. The molecule has 0 bridgehead atoms. The minimum absolute atomic E-state index is 0. The van der Waals surface area contributed by atoms with Crippen LogP contribution in [0.4, 0.5) is 0 Å². The molecular formula is C18H27Cl2N3O. The molecule has 0 radical (unpaired) electrons. The molecular weight excluding hydrogens is 345 g/mol. The van der Waals surface area contributed by atoms with Crippen molar-refractivity contribution in [3.05, 3.63) is 34.9 Å². The highest BCUT2D eigenvalue weighted by atomic mass is 35.5. The van der Waals surface area contributed by atoms with E-state index >= 15 is 0 Å². The van der Waals surface area contributed by atoms with Gasteiger partial charge in [-0.2, -0.15) is 0 Å². The summed E-state index contributed by atoms with van der Waals surface area (Å²) >= 11 is 5.93. The molecule has 1 aromatic rings. The summed E-state index contributed by atoms with van der Waals surface area (Å²) in [6, 6.07) is 8.50. The van der Waals surface area contributed by atoms with Crippen LogP contribution in [0.5, 0.6) is 0 Å². The van der Waals surface area contributed by atoms with Gasteiger partial charge in [0.1, 0.15) is 0 Å². The van der Waals surface area contributed by atoms with Gasteiger partial charge in [-0.05, 0) is 44.0 Å². The van der Waals surface area contributed by atoms with Gasteiger partial charge in [-0.25, -0.2) is 0 Å². The number of piperazine rings is 1. The highest BCUT2D eigenvalue weighted by molar-refractivity contribution is 6.30. The number of rotatable bonds is 3. The quantitative estimate of drug-likeness (QED) is 0.886. The van der Waals surface area contributed by atoms with Crippen molar-refractivity contribution < 1.29 is 4.79 Å². The van der Waals surface area contributed by atoms with Gasteiger partial charge in [0.25, 0.3) is 0 Å². The van der Waals surface area contributed by atoms with Crippen molar-refractivity contribution in [2.45, 2.75) is 32.4 Å². The largest absolute Gasteiger partial charge is 0.340 e. The van der Waals surface area contributed by atoms with E-state index in [-0.39, 0.29) is 18.3 Å². The Morgan fingerprint density at radius 1 is 1.21 bits per heavy atom. The summed E-state index contributed by atoms with van der Waals surface area (Å²) < 4.78 is 0. The van der Waals surface area contributed by atoms with Crippen molar-refractivity contribution in [3.8, 4) is 0 Å². The first-order chi connectivity index (χ1) is 11.1. The second-order valence-corrected chi connectivity index (χ2v) is 7.24. The third-order valence-corrected chi connectivity index (χ3v) is 5.23. The Kier molecular flexibility index (Phi) is 7.35. The van der Waals surface area contributed by atoms with Crippen molar-refractivity contribution in [3.63, 3.8) is 0 Å². The fraction of sp³-hybridized carbons (Fsp3) is 0.611. The first-order valence-electron chi connectivity index (χ1n) is 8.61. The molecule has 4 nitrogen and oxygen atoms in total. The van der Waals surface area contributed by atoms with Gasteiger partial charge in [0.05, 0.1) is 0 Å². The number of hydrogen-bond acceptors (Lipinski definition) is 3. The molecule has 3 rings (SSSR count). The number of benzene rings is 1. The number of nitrogens with zero attached hydrogens (tertiary/aromatic N) is 2. The Bertz CT molecular complexity index is 530. The highest BCUT2D eigenvalue weighted by Crippen LogP contribution is 2.20. The predicted molar refractivity (Wildman–Crippen MR) is 101 cm³/mol. The molecule has 6 heteroatoms. The average Bonchev–Trinajstić information content (AvgIpc) is 2.57. The third kappa shape index (κ3) is 5.09. The van der Waals surface area contributed by atoms with Crippen molar-refractivity contribution in [2.75, 3.05) is 32.7 Å². The minimum Gasteiger partial charge on any atom is -0.340 e. The molecule has 0 aromatic heterocycles. The zero-order chi connectivity index (χ0) is 16.2. The van der Waals surface area contributed by atoms with E-state index in [2.05, 4.69) is 34.2 Å². The molecule has 1 amide bonds. The first-order valence-corrected chi connectivity index (χ1v) is 8.98. The summed E-state index contributed by atoms with van der Waals surface area (Å²) in [7, 11) is 0. The summed E-state index contributed by atoms with van der Waals surface area (Å²) in [5.74, 6) is 0.582. The lowest BCUT2D eigenvalue weighted by molar-refractivity contribution is -0.138. The molecule has 1 aromatic carbocycles. The van der Waals surface area contributed by atoms with Crippen LogP contribution in [0.15, 0.2) is 24.3 Å². The maximum absolute atomic E-state index is 12.7. The van der Waals surface area contributed by atoms with Gasteiger partial charge in [0, 0.05) is 49.7 Å². The molecule has 0 saturated carbocycles. The molecule has 1 N–H and O–H groups in total. The lowest BCUT2D eigenvalue weighted by Crippen LogP contribution is -2.51. The second kappa shape index (κ2) is 9.04. The fourth-order valence-electron chi connectivity index (χ4n) is 3.59. The zero-order valence-corrected chi connectivity index (χ0v) is 15.8. The first kappa shape index (κ1) is 19.5. The number of piperidine rings is 1. The van der Waals surface area contributed by atoms with E-state index in [1.54, 1.807) is 0 Å². The van der Waals surface area contributed by atoms with E-state index in [1.807, 2.05) is 12.1 Å². The Balaban J connectivity index is 0.00000208. The van der Waals surface area contributed by atoms with Crippen molar-refractivity contribution in [1.82, 2.24) is 15.1 Å². The van der Waals surface area contributed by atoms with Crippen LogP contribution in [0.2, 0.25) is 5.02 Å². The number of carbonyl (C=O) groups excluding carboxylic acids is 1. The molecule has 134 valence electrons. The number of hydrogen-bond donors (Lipinski definition) is 1. The third-order valence-electron chi connectivity index (χ3n) is 4.98. The molecule has 2 aliphatic rings. The van der Waals surface area contributed by atoms with Crippen molar-refractivity contribution in [2.24, 2.45) is 5.92 Å². The molecule has 2 atom stereocenters. The van der Waals surface area contributed by atoms with Crippen LogP contribution < -0.4 is 5.32 Å². The van der Waals surface area contributed by atoms with Crippen LogP contribution in [0.25, 0.3) is 0 Å². The Morgan fingerprint density at radius 2 is 1.88 bits per heavy atom. The monoisotopic (exact) mass is 371 g/mol. The molecule has 0 spiro atoms. The predicted octanol–water partition coefficient (Wildman–Crippen LogP) is 2.79. The topological polar surface area (TPSA) is 35.6 Å². The molecule has 0 aliphatic carbocycles. The number of amides is 1. The van der Waals surface area contributed by atoms with Gasteiger partial charge >= 0.3 is 0 Å². The van der Waals surface area contributed by atoms with Crippen LogP contribution in [0, 0.1) is 5.92 Å². The van der Waals surface area contributed by atoms with E-state index in [9.17, 15) is 4.79 Å². The fourth-order valence-corrected chi connectivity index (χ4v) is 3.71. The van der Waals surface area contributed by atoms with E-state index in [0.29, 0.717) is 11.9 Å². The highest BCUT2D eigenvalue weighted by Gasteiger charge is 2.30. The van der Waals surface area contributed by atoms with Gasteiger partial charge < -0.3 is 10.2 Å². The SMILES string of the molecule is C[C@H]1C[C@@H](C(=O)N2CCN(Cc3ccc(Cl)cc3)CC2)CCN1.Cl. The smallest absolute Gasteiger partial charge is 0.225 e. The number of halogens is 2. The maximum atomic E-state index is 12.7. The van der Waals surface area contributed by atoms with Gasteiger partial charge in [-0.3, -0.25) is 9.69 Å². The van der Waals surface area contributed by atoms with Crippen molar-refractivity contribution >= 4 is 29.9 Å². The Morgan fingerprint density at radius 3 is 2.50 bits per heavy atom. The van der Waals surface area contributed by atoms with Crippen LogP contribution >= 0.6 is 24.0 Å². The van der Waals surface area contributed by atoms with Crippen molar-refractivity contribution in [1.29, 1.82) is 0 Å². The van der Waals surface area contributed by atoms with E-state index in [1.165, 1.54) is 5.56 Å². The van der Waals surface area contributed by atoms with Gasteiger partial charge in [-0.1, -0.05) is 23.7 Å². The summed E-state index contributed by atoms with van der Waals surface area (Å²) in [6.07, 6.45) is 1.96. The standard InChI is InChI=1S/C18H26ClN3O.ClH/c1-14-12-16(6-7-20-14)18(23)22-10-8-21(9-11-22)13-15-2-4-17(19)5-3-15;/h2-5,14,16,20H,6-13H2,1H3;1H/t14-,16-;/m0./s1. The number of nitrogens with one attached hydrogen (secondary N) is 1. The van der Waals surface area contributed by atoms with Gasteiger partial charge in [-0.15, -0.1) is 12.4 Å². The lowest BCUT2D eigenvalue weighted by atomic mass is 9.92. The summed E-state index contributed by atoms with van der Waals surface area (Å²) in [4.78, 5) is 17.2. The molecule has 2 saturated heterocycles. The summed E-state index contributed by atoms with van der Waals surface area (Å²) in [6.45, 7) is 7.68. The Labute approximate surface area is 155 Å². The average molecular weight is 372 g/mol. The van der Waals surface area contributed by atoms with Gasteiger partial charge in [0.2, 0.25) is 5.91 Å². The molecule has 24 heavy (non-hydrogen) atoms. The van der Waals surface area contributed by atoms with Crippen LogP contribution in [0.1, 0.15) is 25.3 Å². The number of carbonyl (C=O) groups is 1. The van der Waals surface area contributed by atoms with E-state index in [0.717, 1.165) is 57.1 Å². The summed E-state index contributed by atoms with van der Waals surface area (Å²) in [5.41, 5.74) is 1.28. The maximum Gasteiger partial charge on any atom is 0.225 e. The molecule has 2 fully saturated rings. The molecule has 0 unspecified atom stereocenters. The van der Waals surface area contributed by atoms with Gasteiger partial charge in [0.15, 0.2) is 0 Å². The zero-order valence-electron chi connectivity index (χ0n) is 14.2. The normalized spacial score (nSPS) is 25.2. The molecule has 2 heterocycles. The van der Waals surface area contributed by atoms with Crippen LogP contribution in [-0.4, -0.2) is 54.5 Å². The van der Waals surface area contributed by atoms with Crippen LogP contribution in [0.3, 0.4) is 0 Å².